The number of rotatable bonds is 25. The van der Waals surface area contributed by atoms with E-state index in [-0.39, 0.29) is 119 Å². The van der Waals surface area contributed by atoms with Crippen molar-refractivity contribution in [2.75, 3.05) is 40.0 Å². The Bertz CT molecular complexity index is 1850. The molecule has 0 aromatic heterocycles. The lowest BCUT2D eigenvalue weighted by molar-refractivity contribution is -0.172. The van der Waals surface area contributed by atoms with Crippen molar-refractivity contribution in [2.24, 2.45) is 5.92 Å². The average molecular weight is 1050 g/mol. The number of esters is 1. The van der Waals surface area contributed by atoms with Crippen molar-refractivity contribution in [3.8, 4) is 5.75 Å². The molecule has 0 radical (unpaired) electrons. The largest absolute Gasteiger partial charge is 0.510 e. The Hall–Kier alpha value is -5.68. The van der Waals surface area contributed by atoms with Crippen LogP contribution in [0.15, 0.2) is 30.5 Å². The van der Waals surface area contributed by atoms with E-state index in [1.807, 2.05) is 20.8 Å². The van der Waals surface area contributed by atoms with Crippen LogP contribution in [-0.2, 0) is 70.5 Å². The summed E-state index contributed by atoms with van der Waals surface area (Å²) in [6.45, 7) is 21.2. The van der Waals surface area contributed by atoms with Gasteiger partial charge >= 0.3 is 5.97 Å². The molecule has 8 atom stereocenters. The van der Waals surface area contributed by atoms with Crippen molar-refractivity contribution >= 4 is 48.2 Å². The summed E-state index contributed by atoms with van der Waals surface area (Å²) in [6, 6.07) is 3.90. The molecule has 74 heavy (non-hydrogen) atoms. The van der Waals surface area contributed by atoms with E-state index in [9.17, 15) is 43.8 Å². The SMILES string of the molecule is C=C(O)C1CC(O)CC(Oc2ccc(COC(C)=O)cc2CNC(=O)CCNC(=O)C(CCCC)NC(=O)CCN(C)C(C)=O)O1.CC.CC=O.CCCC(C)C.O=CNC1COC2C(NC(=O)CCO)COC12. The van der Waals surface area contributed by atoms with Crippen molar-refractivity contribution in [1.82, 2.24) is 31.5 Å². The first-order valence-corrected chi connectivity index (χ1v) is 25.6. The molecule has 0 aliphatic carbocycles. The van der Waals surface area contributed by atoms with Gasteiger partial charge in [0.25, 0.3) is 0 Å². The summed E-state index contributed by atoms with van der Waals surface area (Å²) in [5, 5.41) is 42.2. The van der Waals surface area contributed by atoms with Gasteiger partial charge < -0.3 is 75.3 Å². The van der Waals surface area contributed by atoms with Gasteiger partial charge in [0.2, 0.25) is 42.2 Å². The number of fused-ring (bicyclic) bond motifs is 1. The standard InChI is InChI=1S/C32H48N4O10.C10H16N2O5.C6H14.C2H4O.C2H6/c1-6-7-8-26(35-30(42)12-14-36(5)21(3)38)32(43)33-13-11-29(41)34-18-24-15-23(19-44-22(4)39)9-10-27(24)45-31-17-25(40)16-28(46-31)20(2)37;13-2-1-8(15)12-7-4-17-9-6(11-5-14)3-16-10(7)9;1-4-5-6(2)3;1-2-3;1-2/h9-10,15,25-26,28,31,37,40H,2,6-8,11-14,16-19H2,1,3-5H3,(H,33,43)(H,34,41)(H,35,42);5-7,9-10,13H,1-4H2,(H,11,14)(H,12,15);6H,4-5H2,1-3H3;2H,1H3;1-2H3. The number of hydrogen-bond acceptors (Lipinski definition) is 16. The van der Waals surface area contributed by atoms with E-state index in [1.165, 1.54) is 38.5 Å². The van der Waals surface area contributed by atoms with Gasteiger partial charge in [-0.25, -0.2) is 0 Å². The Kier molecular flexibility index (Phi) is 36.7. The number of benzene rings is 1. The minimum Gasteiger partial charge on any atom is -0.510 e. The number of hydrogen-bond donors (Lipinski definition) is 8. The number of amides is 6. The summed E-state index contributed by atoms with van der Waals surface area (Å²) >= 11 is 0. The smallest absolute Gasteiger partial charge is 0.302 e. The third kappa shape index (κ3) is 28.7. The Morgan fingerprint density at radius 2 is 1.55 bits per heavy atom. The highest BCUT2D eigenvalue weighted by molar-refractivity contribution is 5.88. The molecule has 6 amide bonds. The fourth-order valence-electron chi connectivity index (χ4n) is 7.34. The van der Waals surface area contributed by atoms with Crippen LogP contribution in [0.5, 0.6) is 5.75 Å². The monoisotopic (exact) mass is 1050 g/mol. The van der Waals surface area contributed by atoms with Gasteiger partial charge in [0.05, 0.1) is 38.0 Å². The van der Waals surface area contributed by atoms with E-state index >= 15 is 0 Å². The molecule has 1 aromatic carbocycles. The fraction of sp³-hybridized carbons (Fsp3) is 0.692. The Morgan fingerprint density at radius 1 is 0.905 bits per heavy atom. The fourth-order valence-corrected chi connectivity index (χ4v) is 7.34. The Labute approximate surface area is 437 Å². The second-order valence-corrected chi connectivity index (χ2v) is 17.8. The number of nitrogens with zero attached hydrogens (tertiary/aromatic N) is 1. The average Bonchev–Trinajstić information content (AvgIpc) is 3.94. The molecule has 8 unspecified atom stereocenters. The summed E-state index contributed by atoms with van der Waals surface area (Å²) in [6.07, 6.45) is 3.59. The van der Waals surface area contributed by atoms with Crippen LogP contribution in [0.4, 0.5) is 0 Å². The first-order chi connectivity index (χ1) is 35.2. The molecule has 8 N–H and O–H groups in total. The Balaban J connectivity index is 0.00000154. The van der Waals surface area contributed by atoms with Gasteiger partial charge in [-0.05, 0) is 37.0 Å². The van der Waals surface area contributed by atoms with Crippen LogP contribution in [0.3, 0.4) is 0 Å². The molecule has 3 fully saturated rings. The number of ether oxygens (including phenoxy) is 5. The van der Waals surface area contributed by atoms with Gasteiger partial charge in [-0.2, -0.15) is 0 Å². The van der Waals surface area contributed by atoms with E-state index in [2.05, 4.69) is 53.9 Å². The van der Waals surface area contributed by atoms with Gasteiger partial charge in [0.15, 0.2) is 0 Å². The highest BCUT2D eigenvalue weighted by Crippen LogP contribution is 2.29. The zero-order valence-electron chi connectivity index (χ0n) is 45.4. The third-order valence-corrected chi connectivity index (χ3v) is 11.2. The molecule has 3 saturated heterocycles. The van der Waals surface area contributed by atoms with Gasteiger partial charge in [-0.3, -0.25) is 33.6 Å². The van der Waals surface area contributed by atoms with E-state index in [0.717, 1.165) is 18.6 Å². The lowest BCUT2D eigenvalue weighted by Crippen LogP contribution is -2.47. The maximum absolute atomic E-state index is 12.8. The van der Waals surface area contributed by atoms with Crippen LogP contribution in [0, 0.1) is 5.92 Å². The summed E-state index contributed by atoms with van der Waals surface area (Å²) < 4.78 is 27.8. The molecule has 1 aromatic rings. The first kappa shape index (κ1) is 68.3. The zero-order valence-corrected chi connectivity index (χ0v) is 45.4. The predicted molar refractivity (Wildman–Crippen MR) is 276 cm³/mol. The molecule has 3 heterocycles. The molecule has 4 rings (SSSR count). The molecule has 0 bridgehead atoms. The van der Waals surface area contributed by atoms with Crippen molar-refractivity contribution in [2.45, 2.75) is 189 Å². The summed E-state index contributed by atoms with van der Waals surface area (Å²) in [7, 11) is 1.59. The first-order valence-electron chi connectivity index (χ1n) is 25.6. The number of carbonyl (C=O) groups excluding carboxylic acids is 8. The highest BCUT2D eigenvalue weighted by Gasteiger charge is 2.48. The number of carbonyl (C=O) groups is 8. The number of aldehydes is 1. The van der Waals surface area contributed by atoms with Crippen LogP contribution in [0.25, 0.3) is 0 Å². The highest BCUT2D eigenvalue weighted by atomic mass is 16.7. The van der Waals surface area contributed by atoms with Crippen LogP contribution >= 0.6 is 0 Å². The maximum Gasteiger partial charge on any atom is 0.302 e. The summed E-state index contributed by atoms with van der Waals surface area (Å²) in [4.78, 5) is 92.6. The van der Waals surface area contributed by atoms with E-state index in [0.29, 0.717) is 49.3 Å². The number of nitrogens with one attached hydrogen (secondary N) is 5. The van der Waals surface area contributed by atoms with E-state index in [1.54, 1.807) is 25.2 Å². The second-order valence-electron chi connectivity index (χ2n) is 17.8. The second kappa shape index (κ2) is 39.7. The van der Waals surface area contributed by atoms with Gasteiger partial charge in [-0.15, -0.1) is 0 Å². The molecule has 3 aliphatic heterocycles. The van der Waals surface area contributed by atoms with E-state index < -0.39 is 36.4 Å². The number of aliphatic hydroxyl groups is 3. The van der Waals surface area contributed by atoms with Crippen molar-refractivity contribution in [1.29, 1.82) is 0 Å². The van der Waals surface area contributed by atoms with Crippen LogP contribution in [-0.4, -0.2) is 157 Å². The molecular formula is C52H88N6O16. The quantitative estimate of drug-likeness (QED) is 0.0396. The van der Waals surface area contributed by atoms with Gasteiger partial charge in [-0.1, -0.05) is 79.9 Å². The molecule has 0 saturated carbocycles. The molecular weight excluding hydrogens is 965 g/mol. The summed E-state index contributed by atoms with van der Waals surface area (Å²) in [5.41, 5.74) is 1.20. The minimum atomic E-state index is -0.891. The van der Waals surface area contributed by atoms with Crippen LogP contribution in [0.1, 0.15) is 138 Å². The molecule has 422 valence electrons. The van der Waals surface area contributed by atoms with Crippen molar-refractivity contribution < 1.29 is 77.4 Å². The maximum atomic E-state index is 12.8. The van der Waals surface area contributed by atoms with Crippen molar-refractivity contribution in [3.05, 3.63) is 41.7 Å². The zero-order chi connectivity index (χ0) is 56.2. The molecule has 22 heteroatoms. The lowest BCUT2D eigenvalue weighted by atomic mass is 10.0. The Morgan fingerprint density at radius 3 is 2.11 bits per heavy atom. The van der Waals surface area contributed by atoms with Crippen LogP contribution < -0.4 is 31.3 Å². The van der Waals surface area contributed by atoms with E-state index in [4.69, 9.17) is 33.6 Å². The van der Waals surface area contributed by atoms with Gasteiger partial charge in [0, 0.05) is 78.2 Å². The molecule has 0 spiro atoms. The normalized spacial score (nSPS) is 20.4. The summed E-state index contributed by atoms with van der Waals surface area (Å²) in [5.74, 6) is -0.917. The topological polar surface area (TPSA) is 307 Å². The third-order valence-electron chi connectivity index (χ3n) is 11.2. The van der Waals surface area contributed by atoms with Gasteiger partial charge in [0.1, 0.15) is 48.8 Å². The van der Waals surface area contributed by atoms with Crippen LogP contribution in [0.2, 0.25) is 0 Å². The lowest BCUT2D eigenvalue weighted by Gasteiger charge is -2.33. The number of aliphatic hydroxyl groups excluding tert-OH is 3. The van der Waals surface area contributed by atoms with Crippen molar-refractivity contribution in [3.63, 3.8) is 0 Å². The minimum absolute atomic E-state index is 0.0107. The molecule has 22 nitrogen and oxygen atoms in total. The predicted octanol–water partition coefficient (Wildman–Crippen LogP) is 3.17. The molecule has 3 aliphatic rings. The number of unbranched alkanes of at least 4 members (excludes halogenated alkanes) is 1.